The standard InChI is InChI=1S/C36H33BNO4P2S/c1-43(37)42-36(41)33-27(25-45-35-32(34(40)38(33)35)23-28(39)22-26-14-6-2-7-15-26)24-44(29-16-8-3-9-17-29,30-18-10-4-11-19-30)31-20-12-5-13-21-31/h2-21,32,35H,22-25H2,1H3/q+1/t32-,35?,43?/m1/s1. The van der Waals surface area contributed by atoms with Gasteiger partial charge in [-0.3, -0.25) is 14.5 Å². The number of rotatable bonds is 11. The van der Waals surface area contributed by atoms with Crippen LogP contribution < -0.4 is 15.9 Å². The molecule has 3 atom stereocenters. The van der Waals surface area contributed by atoms with E-state index in [2.05, 4.69) is 72.8 Å². The molecule has 9 heteroatoms. The smallest absolute Gasteiger partial charge is 0.356 e. The number of ketones is 1. The molecule has 0 N–H and O–H groups in total. The molecule has 1 amide bonds. The predicted octanol–water partition coefficient (Wildman–Crippen LogP) is 5.62. The van der Waals surface area contributed by atoms with Gasteiger partial charge in [0.05, 0.1) is 17.5 Å². The third-order valence-corrected chi connectivity index (χ3v) is 14.5. The van der Waals surface area contributed by atoms with Gasteiger partial charge in [-0.25, -0.2) is 4.79 Å². The topological polar surface area (TPSA) is 63.7 Å². The zero-order valence-electron chi connectivity index (χ0n) is 25.0. The van der Waals surface area contributed by atoms with Crippen LogP contribution in [-0.2, 0) is 25.3 Å². The molecule has 1 fully saturated rings. The highest BCUT2D eigenvalue weighted by Gasteiger charge is 2.56. The van der Waals surface area contributed by atoms with Gasteiger partial charge in [-0.2, -0.15) is 0 Å². The molecule has 4 aromatic carbocycles. The third kappa shape index (κ3) is 6.45. The summed E-state index contributed by atoms with van der Waals surface area (Å²) < 4.78 is 5.64. The van der Waals surface area contributed by atoms with Gasteiger partial charge in [-0.15, -0.1) is 11.8 Å². The molecule has 2 radical (unpaired) electrons. The van der Waals surface area contributed by atoms with Crippen molar-refractivity contribution in [3.8, 4) is 0 Å². The fourth-order valence-electron chi connectivity index (χ4n) is 6.30. The molecule has 1 saturated heterocycles. The Morgan fingerprint density at radius 1 is 0.844 bits per heavy atom. The van der Waals surface area contributed by atoms with Crippen molar-refractivity contribution in [1.82, 2.24) is 4.90 Å². The van der Waals surface area contributed by atoms with Crippen molar-refractivity contribution in [3.63, 3.8) is 0 Å². The number of thioether (sulfide) groups is 1. The SMILES string of the molecule is [B]P(C)OC(=O)C1=C(C[P+](c2ccccc2)(c2ccccc2)c2ccccc2)CSC2[C@H](CC(=O)Cc3ccccc3)C(=O)N12. The van der Waals surface area contributed by atoms with Crippen LogP contribution in [0.2, 0.25) is 0 Å². The van der Waals surface area contributed by atoms with E-state index in [9.17, 15) is 14.4 Å². The number of fused-ring (bicyclic) bond motifs is 1. The van der Waals surface area contributed by atoms with E-state index in [0.717, 1.165) is 11.1 Å². The Balaban J connectivity index is 1.41. The highest BCUT2D eigenvalue weighted by molar-refractivity contribution is 8.00. The number of carbonyl (C=O) groups excluding carboxylic acids is 3. The number of carbonyl (C=O) groups is 3. The second-order valence-corrected chi connectivity index (χ2v) is 17.1. The summed E-state index contributed by atoms with van der Waals surface area (Å²) in [7, 11) is 2.15. The van der Waals surface area contributed by atoms with Crippen molar-refractivity contribution < 1.29 is 18.9 Å². The van der Waals surface area contributed by atoms with Crippen molar-refractivity contribution in [2.75, 3.05) is 18.6 Å². The summed E-state index contributed by atoms with van der Waals surface area (Å²) in [5.41, 5.74) is 2.09. The minimum Gasteiger partial charge on any atom is -0.452 e. The Bertz CT molecular complexity index is 1610. The molecule has 5 nitrogen and oxygen atoms in total. The molecule has 6 rings (SSSR count). The maximum absolute atomic E-state index is 13.8. The van der Waals surface area contributed by atoms with Crippen LogP contribution in [0, 0.1) is 5.92 Å². The Morgan fingerprint density at radius 3 is 1.82 bits per heavy atom. The second-order valence-electron chi connectivity index (χ2n) is 11.3. The van der Waals surface area contributed by atoms with Gasteiger partial charge in [0, 0.05) is 32.2 Å². The first-order chi connectivity index (χ1) is 21.9. The van der Waals surface area contributed by atoms with Gasteiger partial charge in [0.2, 0.25) is 5.91 Å². The van der Waals surface area contributed by atoms with E-state index < -0.39 is 27.2 Å². The number of hydrogen-bond donors (Lipinski definition) is 0. The number of nitrogens with zero attached hydrogens (tertiary/aromatic N) is 1. The molecule has 2 aliphatic rings. The van der Waals surface area contributed by atoms with Crippen LogP contribution in [0.15, 0.2) is 133 Å². The quantitative estimate of drug-likeness (QED) is 0.120. The van der Waals surface area contributed by atoms with Crippen LogP contribution in [0.1, 0.15) is 12.0 Å². The molecule has 45 heavy (non-hydrogen) atoms. The first-order valence-corrected chi connectivity index (χ1v) is 19.7. The summed E-state index contributed by atoms with van der Waals surface area (Å²) in [5, 5.41) is 3.25. The minimum absolute atomic E-state index is 0.0138. The molecule has 0 saturated carbocycles. The number of β-lactam (4-membered cyclic amide) rings is 1. The first-order valence-electron chi connectivity index (χ1n) is 14.9. The summed E-state index contributed by atoms with van der Waals surface area (Å²) in [4.78, 5) is 42.2. The largest absolute Gasteiger partial charge is 0.452 e. The Kier molecular flexibility index (Phi) is 9.71. The second kappa shape index (κ2) is 13.9. The van der Waals surface area contributed by atoms with Gasteiger partial charge in [0.1, 0.15) is 34.7 Å². The summed E-state index contributed by atoms with van der Waals surface area (Å²) in [6.45, 7) is 1.67. The minimum atomic E-state index is -2.35. The summed E-state index contributed by atoms with van der Waals surface area (Å²) in [6, 6.07) is 40.9. The number of Topliss-reactive ketones (excluding diaryl/α,β-unsaturated/α-hetero) is 1. The normalized spacial score (nSPS) is 18.5. The maximum atomic E-state index is 13.8. The van der Waals surface area contributed by atoms with E-state index in [1.54, 1.807) is 23.3 Å². The lowest BCUT2D eigenvalue weighted by Crippen LogP contribution is -2.62. The molecule has 2 heterocycles. The van der Waals surface area contributed by atoms with Gasteiger partial charge >= 0.3 is 5.97 Å². The Labute approximate surface area is 272 Å². The summed E-state index contributed by atoms with van der Waals surface area (Å²) in [5.74, 6) is -0.698. The van der Waals surface area contributed by atoms with Crippen molar-refractivity contribution in [1.29, 1.82) is 0 Å². The molecule has 2 aliphatic heterocycles. The average Bonchev–Trinajstić information content (AvgIpc) is 3.07. The molecular formula is C36H33BNO4P2S+. The van der Waals surface area contributed by atoms with Crippen LogP contribution >= 0.6 is 27.1 Å². The van der Waals surface area contributed by atoms with E-state index in [-0.39, 0.29) is 29.9 Å². The van der Waals surface area contributed by atoms with Gasteiger partial charge < -0.3 is 4.52 Å². The maximum Gasteiger partial charge on any atom is 0.356 e. The number of hydrogen-bond acceptors (Lipinski definition) is 5. The zero-order valence-corrected chi connectivity index (χ0v) is 27.6. The number of benzene rings is 4. The monoisotopic (exact) mass is 648 g/mol. The highest BCUT2D eigenvalue weighted by Crippen LogP contribution is 2.59. The Hall–Kier alpha value is -3.50. The van der Waals surface area contributed by atoms with Crippen LogP contribution in [0.5, 0.6) is 0 Å². The van der Waals surface area contributed by atoms with E-state index in [1.165, 1.54) is 15.9 Å². The molecule has 0 spiro atoms. The average molecular weight is 648 g/mol. The molecule has 0 bridgehead atoms. The van der Waals surface area contributed by atoms with Crippen molar-refractivity contribution in [2.45, 2.75) is 18.2 Å². The third-order valence-electron chi connectivity index (χ3n) is 8.29. The lowest BCUT2D eigenvalue weighted by molar-refractivity contribution is -0.153. The van der Waals surface area contributed by atoms with Gasteiger partial charge in [0.25, 0.3) is 0 Å². The van der Waals surface area contributed by atoms with Crippen LogP contribution in [0.25, 0.3) is 0 Å². The molecule has 0 aromatic heterocycles. The lowest BCUT2D eigenvalue weighted by Gasteiger charge is -2.50. The fraction of sp³-hybridized carbons (Fsp3) is 0.194. The Morgan fingerprint density at radius 2 is 1.33 bits per heavy atom. The van der Waals surface area contributed by atoms with Crippen LogP contribution in [-0.4, -0.2) is 54.1 Å². The van der Waals surface area contributed by atoms with Gasteiger partial charge in [-0.1, -0.05) is 84.9 Å². The van der Waals surface area contributed by atoms with E-state index in [0.29, 0.717) is 17.6 Å². The zero-order chi connectivity index (χ0) is 31.4. The fourth-order valence-corrected chi connectivity index (χ4v) is 12.5. The summed E-state index contributed by atoms with van der Waals surface area (Å²) >= 11 is 1.63. The highest BCUT2D eigenvalue weighted by atomic mass is 32.2. The molecular weight excluding hydrogens is 615 g/mol. The van der Waals surface area contributed by atoms with Crippen molar-refractivity contribution in [3.05, 3.63) is 138 Å². The van der Waals surface area contributed by atoms with Crippen LogP contribution in [0.4, 0.5) is 0 Å². The van der Waals surface area contributed by atoms with E-state index in [4.69, 9.17) is 12.1 Å². The van der Waals surface area contributed by atoms with Gasteiger partial charge in [0.15, 0.2) is 7.57 Å². The lowest BCUT2D eigenvalue weighted by atomic mass is 9.89. The van der Waals surface area contributed by atoms with Crippen LogP contribution in [0.3, 0.4) is 0 Å². The van der Waals surface area contributed by atoms with E-state index in [1.807, 2.05) is 48.5 Å². The van der Waals surface area contributed by atoms with Gasteiger partial charge in [-0.05, 0) is 48.6 Å². The molecule has 4 aromatic rings. The first kappa shape index (κ1) is 31.5. The van der Waals surface area contributed by atoms with Crippen molar-refractivity contribution >= 4 is 68.2 Å². The van der Waals surface area contributed by atoms with Crippen molar-refractivity contribution in [2.24, 2.45) is 5.92 Å². The predicted molar refractivity (Wildman–Crippen MR) is 188 cm³/mol. The molecule has 2 unspecified atom stereocenters. The van der Waals surface area contributed by atoms with E-state index >= 15 is 0 Å². The molecule has 0 aliphatic carbocycles. The molecule has 224 valence electrons. The number of amides is 1. The summed E-state index contributed by atoms with van der Waals surface area (Å²) in [6.07, 6.45) is 0.984.